The van der Waals surface area contributed by atoms with E-state index >= 15 is 0 Å². The molecule has 1 aromatic carbocycles. The number of methoxy groups -OCH3 is 1. The quantitative estimate of drug-likeness (QED) is 0.667. The molecular formula is C11H15ClNO4P. The summed E-state index contributed by atoms with van der Waals surface area (Å²) in [5.74, 6) is -0.232. The molecule has 0 aromatic heterocycles. The summed E-state index contributed by atoms with van der Waals surface area (Å²) >= 11 is 5.77. The van der Waals surface area contributed by atoms with Crippen molar-refractivity contribution in [1.82, 2.24) is 5.09 Å². The van der Waals surface area contributed by atoms with Crippen LogP contribution in [0.3, 0.4) is 0 Å². The van der Waals surface area contributed by atoms with Gasteiger partial charge in [0, 0.05) is 11.2 Å². The number of carbonyl (C=O) groups excluding carboxylic acids is 1. The minimum atomic E-state index is -3.68. The molecule has 0 amide bonds. The molecule has 0 aliphatic carbocycles. The first-order valence-electron chi connectivity index (χ1n) is 5.19. The van der Waals surface area contributed by atoms with Crippen LogP contribution in [0.15, 0.2) is 30.3 Å². The molecule has 0 aliphatic rings. The van der Waals surface area contributed by atoms with Gasteiger partial charge in [-0.3, -0.25) is 4.79 Å². The molecular weight excluding hydrogens is 277 g/mol. The van der Waals surface area contributed by atoms with Gasteiger partial charge in [-0.2, -0.15) is 0 Å². The Hall–Kier alpha value is -1.03. The molecule has 1 rings (SSSR count). The fourth-order valence-electron chi connectivity index (χ4n) is 1.27. The number of halogens is 1. The summed E-state index contributed by atoms with van der Waals surface area (Å²) in [6.07, 6.45) is 0. The van der Waals surface area contributed by atoms with Crippen molar-refractivity contribution in [3.63, 3.8) is 0 Å². The smallest absolute Gasteiger partial charge is 0.410 e. The van der Waals surface area contributed by atoms with Crippen molar-refractivity contribution in [2.75, 3.05) is 7.11 Å². The van der Waals surface area contributed by atoms with Gasteiger partial charge in [0.05, 0.1) is 7.11 Å². The monoisotopic (exact) mass is 291 g/mol. The number of rotatable bonds is 5. The van der Waals surface area contributed by atoms with Gasteiger partial charge >= 0.3 is 12.8 Å². The average molecular weight is 292 g/mol. The van der Waals surface area contributed by atoms with Gasteiger partial charge in [0.2, 0.25) is 0 Å². The molecule has 100 valence electrons. The van der Waals surface area contributed by atoms with Gasteiger partial charge in [-0.25, -0.2) is 9.65 Å². The van der Waals surface area contributed by atoms with Crippen LogP contribution in [0.25, 0.3) is 0 Å². The molecule has 0 radical (unpaired) electrons. The summed E-state index contributed by atoms with van der Waals surface area (Å²) in [6.45, 7) is -0.677. The first-order valence-corrected chi connectivity index (χ1v) is 7.72. The molecule has 0 spiro atoms. The zero-order chi connectivity index (χ0) is 13.8. The summed E-state index contributed by atoms with van der Waals surface area (Å²) in [4.78, 5) is 11.4. The van der Waals surface area contributed by atoms with E-state index in [-0.39, 0.29) is 0 Å². The number of esters is 1. The maximum Gasteiger partial charge on any atom is 0.410 e. The van der Waals surface area contributed by atoms with Crippen LogP contribution in [0.2, 0.25) is 0 Å². The van der Waals surface area contributed by atoms with Crippen LogP contribution in [-0.4, -0.2) is 18.6 Å². The van der Waals surface area contributed by atoms with Crippen molar-refractivity contribution in [2.45, 2.75) is 19.4 Å². The second kappa shape index (κ2) is 5.74. The van der Waals surface area contributed by atoms with E-state index in [1.165, 1.54) is 21.0 Å². The van der Waals surface area contributed by atoms with Crippen LogP contribution in [0.4, 0.5) is 0 Å². The van der Waals surface area contributed by atoms with Crippen LogP contribution >= 0.6 is 18.1 Å². The van der Waals surface area contributed by atoms with Gasteiger partial charge in [0.1, 0.15) is 11.3 Å². The summed E-state index contributed by atoms with van der Waals surface area (Å²) in [7, 11) is 1.24. The maximum atomic E-state index is 12.0. The van der Waals surface area contributed by atoms with E-state index in [2.05, 4.69) is 9.82 Å². The lowest BCUT2D eigenvalue weighted by Gasteiger charge is -2.25. The van der Waals surface area contributed by atoms with E-state index < -0.39 is 18.4 Å². The van der Waals surface area contributed by atoms with Crippen LogP contribution in [0.5, 0.6) is 5.75 Å². The van der Waals surface area contributed by atoms with E-state index in [0.29, 0.717) is 5.75 Å². The third-order valence-corrected chi connectivity index (χ3v) is 3.81. The van der Waals surface area contributed by atoms with Gasteiger partial charge in [0.15, 0.2) is 0 Å². The Bertz CT molecular complexity index is 463. The summed E-state index contributed by atoms with van der Waals surface area (Å²) in [6, 6.07) is 8.46. The van der Waals surface area contributed by atoms with Crippen LogP contribution in [-0.2, 0) is 14.1 Å². The van der Waals surface area contributed by atoms with Crippen molar-refractivity contribution in [2.24, 2.45) is 0 Å². The van der Waals surface area contributed by atoms with Crippen molar-refractivity contribution in [1.29, 1.82) is 0 Å². The topological polar surface area (TPSA) is 64.6 Å². The van der Waals surface area contributed by atoms with Crippen LogP contribution in [0.1, 0.15) is 13.8 Å². The Balaban J connectivity index is 2.77. The number of ether oxygens (including phenoxy) is 1. The molecule has 0 aliphatic heterocycles. The minimum Gasteiger partial charge on any atom is -0.468 e. The van der Waals surface area contributed by atoms with E-state index in [1.807, 2.05) is 0 Å². The van der Waals surface area contributed by atoms with Crippen LogP contribution < -0.4 is 9.61 Å². The van der Waals surface area contributed by atoms with Crippen LogP contribution in [0, 0.1) is 0 Å². The van der Waals surface area contributed by atoms with Crippen molar-refractivity contribution >= 4 is 24.1 Å². The first kappa shape index (κ1) is 15.0. The van der Waals surface area contributed by atoms with Gasteiger partial charge in [-0.05, 0) is 26.0 Å². The number of para-hydroxylation sites is 1. The lowest BCUT2D eigenvalue weighted by Crippen LogP contribution is -2.45. The first-order chi connectivity index (χ1) is 8.27. The highest BCUT2D eigenvalue weighted by Gasteiger charge is 2.37. The number of benzene rings is 1. The molecule has 1 aromatic rings. The largest absolute Gasteiger partial charge is 0.468 e. The lowest BCUT2D eigenvalue weighted by atomic mass is 10.1. The number of carbonyl (C=O) groups is 1. The highest BCUT2D eigenvalue weighted by molar-refractivity contribution is 7.84. The molecule has 1 unspecified atom stereocenters. The Morgan fingerprint density at radius 2 is 1.89 bits per heavy atom. The van der Waals surface area contributed by atoms with E-state index in [1.54, 1.807) is 30.3 Å². The Morgan fingerprint density at radius 1 is 1.33 bits per heavy atom. The number of hydrogen-bond donors (Lipinski definition) is 1. The summed E-state index contributed by atoms with van der Waals surface area (Å²) in [5, 5.41) is 2.46. The predicted octanol–water partition coefficient (Wildman–Crippen LogP) is 2.95. The van der Waals surface area contributed by atoms with Gasteiger partial charge < -0.3 is 9.26 Å². The average Bonchev–Trinajstić information content (AvgIpc) is 2.27. The molecule has 0 saturated carbocycles. The number of hydrogen-bond acceptors (Lipinski definition) is 4. The van der Waals surface area contributed by atoms with Crippen molar-refractivity contribution in [3.05, 3.63) is 30.3 Å². The highest BCUT2D eigenvalue weighted by atomic mass is 35.7. The molecule has 18 heavy (non-hydrogen) atoms. The molecule has 1 N–H and O–H groups in total. The Kier molecular flexibility index (Phi) is 4.79. The molecule has 1 atom stereocenters. The zero-order valence-electron chi connectivity index (χ0n) is 10.3. The van der Waals surface area contributed by atoms with E-state index in [4.69, 9.17) is 15.8 Å². The maximum absolute atomic E-state index is 12.0. The molecule has 5 nitrogen and oxygen atoms in total. The molecule has 0 heterocycles. The molecule has 7 heteroatoms. The molecule has 0 bridgehead atoms. The third-order valence-electron chi connectivity index (χ3n) is 2.07. The second-order valence-corrected chi connectivity index (χ2v) is 6.81. The zero-order valence-corrected chi connectivity index (χ0v) is 12.0. The minimum absolute atomic E-state index is 0.351. The van der Waals surface area contributed by atoms with Gasteiger partial charge in [-0.1, -0.05) is 18.2 Å². The van der Waals surface area contributed by atoms with E-state index in [0.717, 1.165) is 0 Å². The standard InChI is InChI=1S/C11H15ClNO4P/c1-11(2,10(14)16-3)13-18(12,15)17-9-7-5-4-6-8-9/h4-8H,1-3H3,(H,13,15). The number of nitrogens with one attached hydrogen (secondary N) is 1. The summed E-state index contributed by atoms with van der Waals surface area (Å²) in [5.41, 5.74) is -1.21. The predicted molar refractivity (Wildman–Crippen MR) is 69.8 cm³/mol. The Labute approximate surface area is 111 Å². The SMILES string of the molecule is COC(=O)C(C)(C)NP(=O)(Cl)Oc1ccccc1. The Morgan fingerprint density at radius 3 is 2.39 bits per heavy atom. The highest BCUT2D eigenvalue weighted by Crippen LogP contribution is 2.49. The second-order valence-electron chi connectivity index (χ2n) is 4.11. The van der Waals surface area contributed by atoms with E-state index in [9.17, 15) is 9.36 Å². The fourth-order valence-corrected chi connectivity index (χ4v) is 3.34. The lowest BCUT2D eigenvalue weighted by molar-refractivity contribution is -0.146. The summed E-state index contributed by atoms with van der Waals surface area (Å²) < 4.78 is 21.8. The van der Waals surface area contributed by atoms with Gasteiger partial charge in [-0.15, -0.1) is 0 Å². The molecule has 0 fully saturated rings. The third kappa shape index (κ3) is 4.33. The van der Waals surface area contributed by atoms with Crippen molar-refractivity contribution in [3.8, 4) is 5.75 Å². The normalized spacial score (nSPS) is 14.7. The van der Waals surface area contributed by atoms with Crippen molar-refractivity contribution < 1.29 is 18.6 Å². The van der Waals surface area contributed by atoms with Gasteiger partial charge in [0.25, 0.3) is 0 Å². The molecule has 0 saturated heterocycles. The fraction of sp³-hybridized carbons (Fsp3) is 0.364.